The molecule has 0 saturated heterocycles. The van der Waals surface area contributed by atoms with Gasteiger partial charge in [0.25, 0.3) is 0 Å². The molecular formula is C24H25N3O2S. The van der Waals surface area contributed by atoms with Gasteiger partial charge in [-0.25, -0.2) is 4.98 Å². The zero-order chi connectivity index (χ0) is 20.3. The minimum atomic E-state index is 0.107. The van der Waals surface area contributed by atoms with Crippen LogP contribution < -0.4 is 4.74 Å². The molecular weight excluding hydrogens is 394 g/mol. The predicted octanol–water partition coefficient (Wildman–Crippen LogP) is 3.67. The molecule has 2 aliphatic heterocycles. The van der Waals surface area contributed by atoms with Gasteiger partial charge in [-0.2, -0.15) is 0 Å². The molecule has 30 heavy (non-hydrogen) atoms. The van der Waals surface area contributed by atoms with E-state index in [4.69, 9.17) is 4.74 Å². The van der Waals surface area contributed by atoms with Gasteiger partial charge in [0.2, 0.25) is 5.91 Å². The third-order valence-corrected chi connectivity index (χ3v) is 6.52. The second-order valence-electron chi connectivity index (χ2n) is 7.99. The second kappa shape index (κ2) is 8.58. The third-order valence-electron chi connectivity index (χ3n) is 5.89. The van der Waals surface area contributed by atoms with Crippen LogP contribution in [0, 0.1) is 0 Å². The summed E-state index contributed by atoms with van der Waals surface area (Å²) in [4.78, 5) is 21.4. The van der Waals surface area contributed by atoms with E-state index < -0.39 is 0 Å². The molecule has 0 unspecified atom stereocenters. The second-order valence-corrected chi connectivity index (χ2v) is 8.71. The van der Waals surface area contributed by atoms with Gasteiger partial charge in [0, 0.05) is 37.1 Å². The lowest BCUT2D eigenvalue weighted by Gasteiger charge is -2.29. The van der Waals surface area contributed by atoms with E-state index in [2.05, 4.69) is 52.3 Å². The lowest BCUT2D eigenvalue weighted by Crippen LogP contribution is -2.33. The predicted molar refractivity (Wildman–Crippen MR) is 117 cm³/mol. The molecule has 2 aromatic carbocycles. The van der Waals surface area contributed by atoms with Crippen molar-refractivity contribution < 1.29 is 9.53 Å². The summed E-state index contributed by atoms with van der Waals surface area (Å²) in [6, 6.07) is 15.2. The van der Waals surface area contributed by atoms with Crippen molar-refractivity contribution in [3.8, 4) is 5.75 Å². The Morgan fingerprint density at radius 1 is 1.07 bits per heavy atom. The Hall–Kier alpha value is -2.70. The lowest BCUT2D eigenvalue weighted by atomic mass is 9.99. The number of aromatic nitrogens is 1. The van der Waals surface area contributed by atoms with Gasteiger partial charge in [0.1, 0.15) is 12.4 Å². The van der Waals surface area contributed by atoms with Crippen LogP contribution in [0.15, 0.2) is 53.4 Å². The molecule has 1 amide bonds. The largest absolute Gasteiger partial charge is 0.491 e. The molecule has 0 N–H and O–H groups in total. The Morgan fingerprint density at radius 3 is 2.83 bits per heavy atom. The first-order valence-corrected chi connectivity index (χ1v) is 11.4. The van der Waals surface area contributed by atoms with Crippen LogP contribution in [0.3, 0.4) is 0 Å². The van der Waals surface area contributed by atoms with Crippen LogP contribution in [-0.4, -0.2) is 40.4 Å². The number of fused-ring (bicyclic) bond motifs is 2. The summed E-state index contributed by atoms with van der Waals surface area (Å²) in [5.41, 5.74) is 7.88. The number of benzene rings is 2. The van der Waals surface area contributed by atoms with Gasteiger partial charge in [-0.1, -0.05) is 30.3 Å². The van der Waals surface area contributed by atoms with E-state index in [0.717, 1.165) is 43.1 Å². The number of amides is 1. The highest BCUT2D eigenvalue weighted by molar-refractivity contribution is 7.07. The summed E-state index contributed by atoms with van der Waals surface area (Å²) in [6.07, 6.45) is 1.45. The zero-order valence-corrected chi connectivity index (χ0v) is 17.7. The molecule has 2 aliphatic rings. The minimum absolute atomic E-state index is 0.107. The molecule has 0 spiro atoms. The van der Waals surface area contributed by atoms with Crippen LogP contribution in [0.2, 0.25) is 0 Å². The summed E-state index contributed by atoms with van der Waals surface area (Å²) in [5, 5.41) is 1.94. The molecule has 1 aromatic heterocycles. The molecule has 0 saturated carbocycles. The monoisotopic (exact) mass is 419 g/mol. The number of rotatable bonds is 4. The normalized spacial score (nSPS) is 16.3. The Kier molecular flexibility index (Phi) is 5.51. The Morgan fingerprint density at radius 2 is 1.97 bits per heavy atom. The van der Waals surface area contributed by atoms with E-state index in [1.165, 1.54) is 28.0 Å². The maximum absolute atomic E-state index is 12.8. The van der Waals surface area contributed by atoms with Gasteiger partial charge in [-0.05, 0) is 35.2 Å². The first kappa shape index (κ1) is 19.3. The number of hydrogen-bond donors (Lipinski definition) is 0. The van der Waals surface area contributed by atoms with Crippen molar-refractivity contribution in [3.05, 3.63) is 81.3 Å². The van der Waals surface area contributed by atoms with Crippen molar-refractivity contribution in [2.75, 3.05) is 19.7 Å². The van der Waals surface area contributed by atoms with Gasteiger partial charge in [-0.15, -0.1) is 11.3 Å². The number of hydrogen-bond acceptors (Lipinski definition) is 5. The molecule has 0 aliphatic carbocycles. The van der Waals surface area contributed by atoms with Crippen LogP contribution in [-0.2, 0) is 37.3 Å². The topological polar surface area (TPSA) is 45.7 Å². The van der Waals surface area contributed by atoms with Crippen molar-refractivity contribution >= 4 is 17.2 Å². The average molecular weight is 420 g/mol. The quantitative estimate of drug-likeness (QED) is 0.647. The Labute approximate surface area is 180 Å². The fourth-order valence-corrected chi connectivity index (χ4v) is 4.86. The summed E-state index contributed by atoms with van der Waals surface area (Å²) in [5.74, 6) is 1.00. The molecule has 0 bridgehead atoms. The highest BCUT2D eigenvalue weighted by Gasteiger charge is 2.22. The summed E-state index contributed by atoms with van der Waals surface area (Å²) < 4.78 is 5.93. The zero-order valence-electron chi connectivity index (χ0n) is 16.9. The van der Waals surface area contributed by atoms with Crippen LogP contribution in [0.1, 0.15) is 27.9 Å². The lowest BCUT2D eigenvalue weighted by molar-refractivity contribution is -0.131. The summed E-state index contributed by atoms with van der Waals surface area (Å²) in [7, 11) is 0. The van der Waals surface area contributed by atoms with E-state index in [1.54, 1.807) is 5.51 Å². The van der Waals surface area contributed by atoms with Gasteiger partial charge in [-0.3, -0.25) is 9.69 Å². The van der Waals surface area contributed by atoms with Crippen LogP contribution in [0.4, 0.5) is 0 Å². The maximum atomic E-state index is 12.8. The first-order chi connectivity index (χ1) is 14.7. The number of carbonyl (C=O) groups is 1. The van der Waals surface area contributed by atoms with Crippen molar-refractivity contribution in [1.29, 1.82) is 0 Å². The number of ether oxygens (including phenoxy) is 1. The van der Waals surface area contributed by atoms with Crippen LogP contribution in [0.25, 0.3) is 0 Å². The Balaban J connectivity index is 1.28. The molecule has 0 atom stereocenters. The van der Waals surface area contributed by atoms with Crippen molar-refractivity contribution in [3.63, 3.8) is 0 Å². The van der Waals surface area contributed by atoms with Crippen molar-refractivity contribution in [2.24, 2.45) is 0 Å². The van der Waals surface area contributed by atoms with Crippen molar-refractivity contribution in [2.45, 2.75) is 32.5 Å². The molecule has 0 radical (unpaired) electrons. The standard InChI is InChI=1S/C24H25N3O2S/c28-24(12-22-16-30-17-25-22)27-9-10-29-23-6-5-18(11-21(23)15-27)13-26-8-7-19-3-1-2-4-20(19)14-26/h1-6,11,16-17H,7-10,12-15H2. The number of nitrogens with zero attached hydrogens (tertiary/aromatic N) is 3. The highest BCUT2D eigenvalue weighted by atomic mass is 32.1. The van der Waals surface area contributed by atoms with Crippen LogP contribution >= 0.6 is 11.3 Å². The number of thiazole rings is 1. The van der Waals surface area contributed by atoms with E-state index >= 15 is 0 Å². The molecule has 0 fully saturated rings. The summed E-state index contributed by atoms with van der Waals surface area (Å²) in [6.45, 7) is 4.70. The fourth-order valence-electron chi connectivity index (χ4n) is 4.30. The fraction of sp³-hybridized carbons (Fsp3) is 0.333. The third kappa shape index (κ3) is 4.25. The van der Waals surface area contributed by atoms with Gasteiger partial charge < -0.3 is 9.64 Å². The van der Waals surface area contributed by atoms with E-state index in [-0.39, 0.29) is 5.91 Å². The Bertz CT molecular complexity index is 1030. The minimum Gasteiger partial charge on any atom is -0.491 e. The first-order valence-electron chi connectivity index (χ1n) is 10.4. The smallest absolute Gasteiger partial charge is 0.229 e. The molecule has 3 aromatic rings. The molecule has 154 valence electrons. The molecule has 6 heteroatoms. The van der Waals surface area contributed by atoms with Crippen molar-refractivity contribution in [1.82, 2.24) is 14.8 Å². The van der Waals surface area contributed by atoms with Gasteiger partial charge in [0.15, 0.2) is 0 Å². The summed E-state index contributed by atoms with van der Waals surface area (Å²) >= 11 is 1.52. The van der Waals surface area contributed by atoms with E-state index in [9.17, 15) is 4.79 Å². The SMILES string of the molecule is O=C(Cc1cscn1)N1CCOc2ccc(CN3CCc4ccccc4C3)cc2C1. The maximum Gasteiger partial charge on any atom is 0.229 e. The van der Waals surface area contributed by atoms with Gasteiger partial charge >= 0.3 is 0 Å². The highest BCUT2D eigenvalue weighted by Crippen LogP contribution is 2.27. The average Bonchev–Trinajstić information content (AvgIpc) is 3.18. The molecule has 5 rings (SSSR count). The molecule has 5 nitrogen and oxygen atoms in total. The van der Waals surface area contributed by atoms with Crippen LogP contribution in [0.5, 0.6) is 5.75 Å². The van der Waals surface area contributed by atoms with E-state index in [1.807, 2.05) is 10.3 Å². The number of carbonyl (C=O) groups excluding carboxylic acids is 1. The molecule has 3 heterocycles. The van der Waals surface area contributed by atoms with E-state index in [0.29, 0.717) is 26.1 Å². The van der Waals surface area contributed by atoms with Gasteiger partial charge in [0.05, 0.1) is 24.2 Å².